The number of fused-ring (bicyclic) bond motifs is 1. The molecule has 32 heavy (non-hydrogen) atoms. The number of hydrogen-bond donors (Lipinski definition) is 2. The monoisotopic (exact) mass is 554 g/mol. The largest absolute Gasteiger partial charge is 0.497 e. The van der Waals surface area contributed by atoms with Gasteiger partial charge in [0.1, 0.15) is 17.4 Å². The number of nitrogens with zero attached hydrogens (tertiary/aromatic N) is 4. The van der Waals surface area contributed by atoms with Crippen molar-refractivity contribution in [2.75, 3.05) is 26.7 Å². The average molecular weight is 555 g/mol. The van der Waals surface area contributed by atoms with E-state index in [2.05, 4.69) is 44.5 Å². The van der Waals surface area contributed by atoms with Crippen molar-refractivity contribution < 1.29 is 4.74 Å². The number of methoxy groups -OCH3 is 1. The van der Waals surface area contributed by atoms with E-state index in [9.17, 15) is 0 Å². The minimum atomic E-state index is 0. The fourth-order valence-corrected chi connectivity index (χ4v) is 3.95. The third kappa shape index (κ3) is 8.60. The van der Waals surface area contributed by atoms with Crippen LogP contribution in [0, 0.1) is 0 Å². The third-order valence-electron chi connectivity index (χ3n) is 5.70. The maximum absolute atomic E-state index is 5.21. The van der Waals surface area contributed by atoms with Crippen molar-refractivity contribution in [2.24, 2.45) is 4.99 Å². The second kappa shape index (κ2) is 15.1. The van der Waals surface area contributed by atoms with Gasteiger partial charge in [0.25, 0.3) is 0 Å². The van der Waals surface area contributed by atoms with Crippen molar-refractivity contribution in [3.8, 4) is 5.75 Å². The van der Waals surface area contributed by atoms with Crippen molar-refractivity contribution in [2.45, 2.75) is 71.3 Å². The molecule has 0 saturated heterocycles. The number of halogens is 1. The Bertz CT molecular complexity index is 805. The highest BCUT2D eigenvalue weighted by molar-refractivity contribution is 14.0. The molecule has 0 unspecified atom stereocenters. The maximum Gasteiger partial charge on any atom is 0.191 e. The number of ether oxygens (including phenoxy) is 1. The van der Waals surface area contributed by atoms with Crippen LogP contribution in [0.25, 0.3) is 0 Å². The van der Waals surface area contributed by atoms with Gasteiger partial charge in [-0.3, -0.25) is 4.99 Å². The van der Waals surface area contributed by atoms with Crippen LogP contribution in [0.1, 0.15) is 62.7 Å². The first kappa shape index (κ1) is 26.4. The molecule has 0 spiro atoms. The molecule has 2 aromatic rings. The van der Waals surface area contributed by atoms with Crippen molar-refractivity contribution >= 4 is 29.9 Å². The van der Waals surface area contributed by atoms with Gasteiger partial charge in [0.15, 0.2) is 5.96 Å². The quantitative estimate of drug-likeness (QED) is 0.189. The van der Waals surface area contributed by atoms with Gasteiger partial charge in [-0.15, -0.1) is 34.2 Å². The second-order valence-corrected chi connectivity index (χ2v) is 8.09. The lowest BCUT2D eigenvalue weighted by Crippen LogP contribution is -2.37. The van der Waals surface area contributed by atoms with Gasteiger partial charge in [0, 0.05) is 39.0 Å². The Balaban J connectivity index is 0.00000363. The Hall–Kier alpha value is -1.84. The van der Waals surface area contributed by atoms with Crippen LogP contribution in [0.15, 0.2) is 29.3 Å². The second-order valence-electron chi connectivity index (χ2n) is 8.09. The highest BCUT2D eigenvalue weighted by Gasteiger charge is 2.14. The summed E-state index contributed by atoms with van der Waals surface area (Å²) < 4.78 is 7.55. The van der Waals surface area contributed by atoms with Gasteiger partial charge in [-0.05, 0) is 63.1 Å². The molecule has 1 aromatic carbocycles. The standard InChI is InChI=1S/C24H38N6O.HI/c1-3-25-24(26-17-7-6-10-20-13-15-21(31-2)16-14-20)27-18-9-12-23-29-28-22-11-5-4-8-19-30(22)23;/h13-16H,3-12,17-19H2,1-2H3,(H2,25,26,27);1H. The van der Waals surface area contributed by atoms with E-state index >= 15 is 0 Å². The molecule has 7 nitrogen and oxygen atoms in total. The zero-order chi connectivity index (χ0) is 21.7. The summed E-state index contributed by atoms with van der Waals surface area (Å²) in [6.07, 6.45) is 10.1. The molecule has 2 N–H and O–H groups in total. The molecule has 1 aromatic heterocycles. The van der Waals surface area contributed by atoms with Crippen molar-refractivity contribution in [1.29, 1.82) is 0 Å². The molecular weight excluding hydrogens is 515 g/mol. The van der Waals surface area contributed by atoms with E-state index in [1.807, 2.05) is 12.1 Å². The summed E-state index contributed by atoms with van der Waals surface area (Å²) in [6, 6.07) is 8.35. The molecule has 3 rings (SSSR count). The van der Waals surface area contributed by atoms with Gasteiger partial charge in [0.05, 0.1) is 7.11 Å². The van der Waals surface area contributed by atoms with E-state index < -0.39 is 0 Å². The maximum atomic E-state index is 5.21. The predicted octanol–water partition coefficient (Wildman–Crippen LogP) is 4.14. The Labute approximate surface area is 209 Å². The average Bonchev–Trinajstić information content (AvgIpc) is 3.02. The lowest BCUT2D eigenvalue weighted by molar-refractivity contribution is 0.414. The Morgan fingerprint density at radius 1 is 1.03 bits per heavy atom. The third-order valence-corrected chi connectivity index (χ3v) is 5.70. The summed E-state index contributed by atoms with van der Waals surface area (Å²) >= 11 is 0. The molecular formula is C24H39IN6O. The molecule has 1 aliphatic rings. The first-order chi connectivity index (χ1) is 15.3. The molecule has 2 heterocycles. The highest BCUT2D eigenvalue weighted by Crippen LogP contribution is 2.15. The topological polar surface area (TPSA) is 76.4 Å². The number of nitrogens with one attached hydrogen (secondary N) is 2. The van der Waals surface area contributed by atoms with Crippen LogP contribution in [0.4, 0.5) is 0 Å². The van der Waals surface area contributed by atoms with E-state index in [-0.39, 0.29) is 24.0 Å². The van der Waals surface area contributed by atoms with Crippen LogP contribution in [0.3, 0.4) is 0 Å². The number of unbranched alkanes of at least 4 members (excludes halogenated alkanes) is 1. The van der Waals surface area contributed by atoms with Gasteiger partial charge in [-0.1, -0.05) is 18.6 Å². The summed E-state index contributed by atoms with van der Waals surface area (Å²) in [7, 11) is 1.70. The van der Waals surface area contributed by atoms with Crippen LogP contribution in [-0.2, 0) is 25.8 Å². The molecule has 8 heteroatoms. The predicted molar refractivity (Wildman–Crippen MR) is 141 cm³/mol. The van der Waals surface area contributed by atoms with Crippen LogP contribution in [-0.4, -0.2) is 47.5 Å². The van der Waals surface area contributed by atoms with Gasteiger partial charge >= 0.3 is 0 Å². The lowest BCUT2D eigenvalue weighted by Gasteiger charge is -2.11. The number of benzene rings is 1. The fourth-order valence-electron chi connectivity index (χ4n) is 3.95. The first-order valence-electron chi connectivity index (χ1n) is 11.9. The van der Waals surface area contributed by atoms with Crippen LogP contribution < -0.4 is 15.4 Å². The molecule has 0 fully saturated rings. The summed E-state index contributed by atoms with van der Waals surface area (Å²) in [5.41, 5.74) is 1.35. The Kier molecular flexibility index (Phi) is 12.4. The number of aryl methyl sites for hydroxylation is 3. The first-order valence-corrected chi connectivity index (χ1v) is 11.9. The van der Waals surface area contributed by atoms with Crippen LogP contribution in [0.2, 0.25) is 0 Å². The summed E-state index contributed by atoms with van der Waals surface area (Å²) in [6.45, 7) is 5.77. The van der Waals surface area contributed by atoms with E-state index in [1.165, 1.54) is 30.7 Å². The van der Waals surface area contributed by atoms with Crippen LogP contribution >= 0.6 is 24.0 Å². The lowest BCUT2D eigenvalue weighted by atomic mass is 10.1. The zero-order valence-corrected chi connectivity index (χ0v) is 21.9. The number of hydrogen-bond acceptors (Lipinski definition) is 4. The number of aromatic nitrogens is 3. The minimum absolute atomic E-state index is 0. The summed E-state index contributed by atoms with van der Waals surface area (Å²) in [5.74, 6) is 4.12. The Morgan fingerprint density at radius 2 is 1.88 bits per heavy atom. The van der Waals surface area contributed by atoms with Gasteiger partial charge in [0.2, 0.25) is 0 Å². The van der Waals surface area contributed by atoms with E-state index in [0.29, 0.717) is 0 Å². The number of guanidine groups is 1. The summed E-state index contributed by atoms with van der Waals surface area (Å²) in [5, 5.41) is 15.6. The fraction of sp³-hybridized carbons (Fsp3) is 0.625. The SMILES string of the molecule is CCNC(=NCCCc1nnc2n1CCCCC2)NCCCCc1ccc(OC)cc1.I. The smallest absolute Gasteiger partial charge is 0.191 e. The molecule has 0 bridgehead atoms. The van der Waals surface area contributed by atoms with Gasteiger partial charge < -0.3 is 19.9 Å². The molecule has 1 aliphatic heterocycles. The molecule has 0 radical (unpaired) electrons. The van der Waals surface area contributed by atoms with Crippen molar-refractivity contribution in [3.05, 3.63) is 41.5 Å². The molecule has 178 valence electrons. The van der Waals surface area contributed by atoms with Crippen molar-refractivity contribution in [3.63, 3.8) is 0 Å². The molecule has 0 saturated carbocycles. The zero-order valence-electron chi connectivity index (χ0n) is 19.6. The van der Waals surface area contributed by atoms with E-state index in [4.69, 9.17) is 9.73 Å². The minimum Gasteiger partial charge on any atom is -0.497 e. The summed E-state index contributed by atoms with van der Waals surface area (Å²) in [4.78, 5) is 4.74. The highest BCUT2D eigenvalue weighted by atomic mass is 127. The molecule has 0 atom stereocenters. The molecule has 0 amide bonds. The van der Waals surface area contributed by atoms with Gasteiger partial charge in [-0.25, -0.2) is 0 Å². The normalized spacial score (nSPS) is 13.6. The molecule has 0 aliphatic carbocycles. The van der Waals surface area contributed by atoms with E-state index in [1.54, 1.807) is 7.11 Å². The van der Waals surface area contributed by atoms with Gasteiger partial charge in [-0.2, -0.15) is 0 Å². The van der Waals surface area contributed by atoms with Crippen molar-refractivity contribution in [1.82, 2.24) is 25.4 Å². The van der Waals surface area contributed by atoms with Crippen LogP contribution in [0.5, 0.6) is 5.75 Å². The number of rotatable bonds is 11. The Morgan fingerprint density at radius 3 is 2.66 bits per heavy atom. The number of aliphatic imine (C=N–C) groups is 1. The van der Waals surface area contributed by atoms with E-state index in [0.717, 1.165) is 82.2 Å².